The maximum Gasteiger partial charge on any atom is 0.254 e. The fourth-order valence-electron chi connectivity index (χ4n) is 3.08. The Labute approximate surface area is 117 Å². The minimum absolute atomic E-state index is 0.00870. The van der Waals surface area contributed by atoms with E-state index < -0.39 is 0 Å². The Morgan fingerprint density at radius 1 is 1.37 bits per heavy atom. The number of fused-ring (bicyclic) bond motifs is 1. The Morgan fingerprint density at radius 2 is 2.21 bits per heavy atom. The second-order valence-corrected chi connectivity index (χ2v) is 5.62. The normalized spacial score (nSPS) is 26.3. The molecule has 1 aliphatic carbocycles. The van der Waals surface area contributed by atoms with E-state index in [2.05, 4.69) is 0 Å². The third kappa shape index (κ3) is 2.42. The first-order valence-corrected chi connectivity index (χ1v) is 7.01. The van der Waals surface area contributed by atoms with Gasteiger partial charge in [-0.15, -0.1) is 0 Å². The molecule has 1 amide bonds. The molecule has 2 atom stereocenters. The molecule has 1 saturated heterocycles. The van der Waals surface area contributed by atoms with E-state index in [-0.39, 0.29) is 18.1 Å². The quantitative estimate of drug-likeness (QED) is 0.803. The van der Waals surface area contributed by atoms with Crippen molar-refractivity contribution in [2.45, 2.75) is 31.4 Å². The number of carbonyl (C=O) groups is 1. The molecule has 0 aromatic heterocycles. The van der Waals surface area contributed by atoms with E-state index in [1.165, 1.54) is 0 Å². The lowest BCUT2D eigenvalue weighted by molar-refractivity contribution is -0.0445. The molecule has 19 heavy (non-hydrogen) atoms. The van der Waals surface area contributed by atoms with Gasteiger partial charge >= 0.3 is 0 Å². The molecule has 1 saturated carbocycles. The molecular weight excluding hydrogens is 264 g/mol. The number of amides is 1. The summed E-state index contributed by atoms with van der Waals surface area (Å²) in [5.41, 5.74) is 6.84. The smallest absolute Gasteiger partial charge is 0.254 e. The molecule has 0 bridgehead atoms. The van der Waals surface area contributed by atoms with Gasteiger partial charge in [0.15, 0.2) is 0 Å². The van der Waals surface area contributed by atoms with Crippen LogP contribution in [0.15, 0.2) is 18.2 Å². The van der Waals surface area contributed by atoms with Crippen molar-refractivity contribution in [2.75, 3.05) is 18.9 Å². The zero-order valence-electron chi connectivity index (χ0n) is 10.6. The maximum absolute atomic E-state index is 12.6. The molecule has 5 heteroatoms. The van der Waals surface area contributed by atoms with Gasteiger partial charge in [0, 0.05) is 22.8 Å². The fourth-order valence-corrected chi connectivity index (χ4v) is 3.32. The van der Waals surface area contributed by atoms with Crippen molar-refractivity contribution >= 4 is 23.2 Å². The first-order valence-electron chi connectivity index (χ1n) is 6.64. The van der Waals surface area contributed by atoms with Crippen molar-refractivity contribution in [1.29, 1.82) is 0 Å². The summed E-state index contributed by atoms with van der Waals surface area (Å²) in [5, 5.41) is 0.500. The average Bonchev–Trinajstić information content (AvgIpc) is 2.84. The molecule has 4 nitrogen and oxygen atoms in total. The number of ether oxygens (including phenoxy) is 1. The Balaban J connectivity index is 1.86. The van der Waals surface area contributed by atoms with Gasteiger partial charge in [0.1, 0.15) is 0 Å². The number of nitrogen functional groups attached to an aromatic ring is 1. The highest BCUT2D eigenvalue weighted by molar-refractivity contribution is 6.31. The highest BCUT2D eigenvalue weighted by Crippen LogP contribution is 2.31. The van der Waals surface area contributed by atoms with Crippen LogP contribution >= 0.6 is 11.6 Å². The molecular formula is C14H17ClN2O2. The van der Waals surface area contributed by atoms with Crippen LogP contribution < -0.4 is 5.73 Å². The number of morpholine rings is 1. The largest absolute Gasteiger partial charge is 0.399 e. The van der Waals surface area contributed by atoms with Gasteiger partial charge in [0.25, 0.3) is 5.91 Å². The molecule has 3 rings (SSSR count). The van der Waals surface area contributed by atoms with Crippen LogP contribution in [0.5, 0.6) is 0 Å². The minimum atomic E-state index is 0.00870. The number of benzene rings is 1. The van der Waals surface area contributed by atoms with E-state index in [1.807, 2.05) is 4.90 Å². The number of anilines is 1. The monoisotopic (exact) mass is 280 g/mol. The van der Waals surface area contributed by atoms with Crippen molar-refractivity contribution in [3.8, 4) is 0 Å². The fraction of sp³-hybridized carbons (Fsp3) is 0.500. The number of rotatable bonds is 1. The summed E-state index contributed by atoms with van der Waals surface area (Å²) in [7, 11) is 0. The summed E-state index contributed by atoms with van der Waals surface area (Å²) < 4.78 is 5.72. The number of hydrogen-bond donors (Lipinski definition) is 1. The lowest BCUT2D eigenvalue weighted by Crippen LogP contribution is -2.51. The first-order chi connectivity index (χ1) is 9.15. The second kappa shape index (κ2) is 5.02. The SMILES string of the molecule is Nc1cc(Cl)cc(C(=O)N2CCOC3CCCC32)c1. The predicted molar refractivity (Wildman–Crippen MR) is 74.3 cm³/mol. The summed E-state index contributed by atoms with van der Waals surface area (Å²) >= 11 is 5.97. The molecule has 1 heterocycles. The highest BCUT2D eigenvalue weighted by atomic mass is 35.5. The van der Waals surface area contributed by atoms with Crippen LogP contribution in [0.2, 0.25) is 5.02 Å². The number of halogens is 1. The maximum atomic E-state index is 12.6. The van der Waals surface area contributed by atoms with Crippen molar-refractivity contribution in [1.82, 2.24) is 4.90 Å². The van der Waals surface area contributed by atoms with Crippen molar-refractivity contribution in [2.24, 2.45) is 0 Å². The first kappa shape index (κ1) is 12.8. The van der Waals surface area contributed by atoms with Gasteiger partial charge in [-0.05, 0) is 37.5 Å². The molecule has 0 radical (unpaired) electrons. The lowest BCUT2D eigenvalue weighted by atomic mass is 10.1. The van der Waals surface area contributed by atoms with Gasteiger partial charge in [0.05, 0.1) is 18.8 Å². The van der Waals surface area contributed by atoms with E-state index >= 15 is 0 Å². The van der Waals surface area contributed by atoms with Crippen LogP contribution in [0, 0.1) is 0 Å². The summed E-state index contributed by atoms with van der Waals surface area (Å²) in [6, 6.07) is 5.23. The lowest BCUT2D eigenvalue weighted by Gasteiger charge is -2.37. The predicted octanol–water partition coefficient (Wildman–Crippen LogP) is 2.32. The summed E-state index contributed by atoms with van der Waals surface area (Å²) in [6.45, 7) is 1.26. The number of hydrogen-bond acceptors (Lipinski definition) is 3. The Hall–Kier alpha value is -1.26. The number of nitrogens with two attached hydrogens (primary N) is 1. The topological polar surface area (TPSA) is 55.6 Å². The summed E-state index contributed by atoms with van der Waals surface area (Å²) in [5.74, 6) is 0.00870. The third-order valence-corrected chi connectivity index (χ3v) is 4.13. The van der Waals surface area contributed by atoms with Gasteiger partial charge in [-0.2, -0.15) is 0 Å². The number of carbonyl (C=O) groups excluding carboxylic acids is 1. The number of nitrogens with zero attached hydrogens (tertiary/aromatic N) is 1. The second-order valence-electron chi connectivity index (χ2n) is 5.18. The van der Waals surface area contributed by atoms with E-state index in [0.717, 1.165) is 19.3 Å². The molecule has 2 N–H and O–H groups in total. The molecule has 102 valence electrons. The summed E-state index contributed by atoms with van der Waals surface area (Å²) in [6.07, 6.45) is 3.39. The Bertz CT molecular complexity index is 486. The zero-order valence-corrected chi connectivity index (χ0v) is 11.4. The Kier molecular flexibility index (Phi) is 3.37. The van der Waals surface area contributed by atoms with Crippen LogP contribution in [0.3, 0.4) is 0 Å². The molecule has 2 aliphatic rings. The molecule has 2 unspecified atom stereocenters. The minimum Gasteiger partial charge on any atom is -0.399 e. The van der Waals surface area contributed by atoms with E-state index in [1.54, 1.807) is 18.2 Å². The highest BCUT2D eigenvalue weighted by Gasteiger charge is 2.38. The van der Waals surface area contributed by atoms with Crippen LogP contribution in [0.1, 0.15) is 29.6 Å². The molecule has 1 aromatic carbocycles. The van der Waals surface area contributed by atoms with Crippen molar-refractivity contribution in [3.63, 3.8) is 0 Å². The van der Waals surface area contributed by atoms with E-state index in [9.17, 15) is 4.79 Å². The van der Waals surface area contributed by atoms with Gasteiger partial charge in [-0.25, -0.2) is 0 Å². The Morgan fingerprint density at radius 3 is 3.00 bits per heavy atom. The van der Waals surface area contributed by atoms with Gasteiger partial charge in [-0.1, -0.05) is 11.6 Å². The average molecular weight is 281 g/mol. The van der Waals surface area contributed by atoms with Gasteiger partial charge in [0.2, 0.25) is 0 Å². The van der Waals surface area contributed by atoms with Crippen LogP contribution in [0.25, 0.3) is 0 Å². The molecule has 1 aliphatic heterocycles. The van der Waals surface area contributed by atoms with Crippen LogP contribution in [-0.2, 0) is 4.74 Å². The standard InChI is InChI=1S/C14H17ClN2O2/c15-10-6-9(7-11(16)8-10)14(18)17-4-5-19-13-3-1-2-12(13)17/h6-8,12-13H,1-5,16H2. The summed E-state index contributed by atoms with van der Waals surface area (Å²) in [4.78, 5) is 14.5. The van der Waals surface area contributed by atoms with E-state index in [4.69, 9.17) is 22.1 Å². The van der Waals surface area contributed by atoms with Crippen molar-refractivity contribution < 1.29 is 9.53 Å². The molecule has 0 spiro atoms. The van der Waals surface area contributed by atoms with Crippen LogP contribution in [-0.4, -0.2) is 36.1 Å². The zero-order chi connectivity index (χ0) is 13.4. The van der Waals surface area contributed by atoms with Gasteiger partial charge < -0.3 is 15.4 Å². The molecule has 2 fully saturated rings. The van der Waals surface area contributed by atoms with Gasteiger partial charge in [-0.3, -0.25) is 4.79 Å². The third-order valence-electron chi connectivity index (χ3n) is 3.91. The van der Waals surface area contributed by atoms with E-state index in [0.29, 0.717) is 29.4 Å². The molecule has 1 aromatic rings. The van der Waals surface area contributed by atoms with Crippen molar-refractivity contribution in [3.05, 3.63) is 28.8 Å². The van der Waals surface area contributed by atoms with Crippen LogP contribution in [0.4, 0.5) is 5.69 Å².